The molecule has 0 saturated carbocycles. The van der Waals surface area contributed by atoms with E-state index >= 15 is 0 Å². The summed E-state index contributed by atoms with van der Waals surface area (Å²) in [5.74, 6) is 0. The lowest BCUT2D eigenvalue weighted by Gasteiger charge is -2.39. The Morgan fingerprint density at radius 1 is 1.06 bits per heavy atom. The van der Waals surface area contributed by atoms with E-state index in [0.29, 0.717) is 0 Å². The summed E-state index contributed by atoms with van der Waals surface area (Å²) in [6.45, 7) is 10.2. The summed E-state index contributed by atoms with van der Waals surface area (Å²) >= 11 is 0. The molecule has 3 nitrogen and oxygen atoms in total. The summed E-state index contributed by atoms with van der Waals surface area (Å²) in [6.07, 6.45) is 0. The highest BCUT2D eigenvalue weighted by atomic mass is 15.3. The van der Waals surface area contributed by atoms with E-state index < -0.39 is 0 Å². The van der Waals surface area contributed by atoms with E-state index in [0.717, 1.165) is 32.7 Å². The molecular weight excluding hydrogens is 222 g/mol. The van der Waals surface area contributed by atoms with Crippen molar-refractivity contribution in [1.82, 2.24) is 10.2 Å². The average Bonchev–Trinajstić information content (AvgIpc) is 2.40. The highest BCUT2D eigenvalue weighted by Crippen LogP contribution is 2.16. The van der Waals surface area contributed by atoms with Gasteiger partial charge in [-0.05, 0) is 33.0 Å². The van der Waals surface area contributed by atoms with E-state index in [-0.39, 0.29) is 5.54 Å². The number of anilines is 1. The standard InChI is InChI=1S/C15H25N3/c1-15(2,16-3)13-17-9-11-18(12-10-17)14-7-5-4-6-8-14/h4-8,16H,9-13H2,1-3H3. The molecule has 1 aromatic carbocycles. The molecule has 0 spiro atoms. The van der Waals surface area contributed by atoms with E-state index in [1.807, 2.05) is 7.05 Å². The van der Waals surface area contributed by atoms with Crippen molar-refractivity contribution in [2.45, 2.75) is 19.4 Å². The molecule has 0 bridgehead atoms. The minimum atomic E-state index is 0.203. The summed E-state index contributed by atoms with van der Waals surface area (Å²) in [7, 11) is 2.04. The van der Waals surface area contributed by atoms with Crippen LogP contribution in [0, 0.1) is 0 Å². The third-order valence-corrected chi connectivity index (χ3v) is 3.79. The van der Waals surface area contributed by atoms with Crippen LogP contribution in [0.25, 0.3) is 0 Å². The van der Waals surface area contributed by atoms with Gasteiger partial charge in [-0.25, -0.2) is 0 Å². The van der Waals surface area contributed by atoms with Crippen molar-refractivity contribution in [3.63, 3.8) is 0 Å². The number of nitrogens with zero attached hydrogens (tertiary/aromatic N) is 2. The van der Waals surface area contributed by atoms with Gasteiger partial charge in [0, 0.05) is 44.0 Å². The van der Waals surface area contributed by atoms with Gasteiger partial charge < -0.3 is 10.2 Å². The molecule has 0 aliphatic carbocycles. The van der Waals surface area contributed by atoms with Gasteiger partial charge >= 0.3 is 0 Å². The Hall–Kier alpha value is -1.06. The molecular formula is C15H25N3. The van der Waals surface area contributed by atoms with Crippen molar-refractivity contribution in [3.05, 3.63) is 30.3 Å². The van der Waals surface area contributed by atoms with Gasteiger partial charge in [-0.2, -0.15) is 0 Å². The fourth-order valence-electron chi connectivity index (χ4n) is 2.44. The minimum absolute atomic E-state index is 0.203. The maximum absolute atomic E-state index is 3.38. The lowest BCUT2D eigenvalue weighted by atomic mass is 10.0. The molecule has 0 amide bonds. The molecule has 0 unspecified atom stereocenters. The van der Waals surface area contributed by atoms with Crippen molar-refractivity contribution < 1.29 is 0 Å². The average molecular weight is 247 g/mol. The highest BCUT2D eigenvalue weighted by Gasteiger charge is 2.23. The number of piperazine rings is 1. The number of rotatable bonds is 4. The van der Waals surface area contributed by atoms with Gasteiger partial charge in [0.1, 0.15) is 0 Å². The van der Waals surface area contributed by atoms with Crippen LogP contribution in [0.4, 0.5) is 5.69 Å². The van der Waals surface area contributed by atoms with Crippen molar-refractivity contribution in [3.8, 4) is 0 Å². The predicted octanol–water partition coefficient (Wildman–Crippen LogP) is 1.81. The second-order valence-corrected chi connectivity index (χ2v) is 5.73. The number of hydrogen-bond acceptors (Lipinski definition) is 3. The first-order chi connectivity index (χ1) is 8.61. The van der Waals surface area contributed by atoms with Crippen LogP contribution in [0.15, 0.2) is 30.3 Å². The Morgan fingerprint density at radius 2 is 1.67 bits per heavy atom. The van der Waals surface area contributed by atoms with E-state index in [2.05, 4.69) is 59.3 Å². The molecule has 0 atom stereocenters. The largest absolute Gasteiger partial charge is 0.369 e. The highest BCUT2D eigenvalue weighted by molar-refractivity contribution is 5.46. The third kappa shape index (κ3) is 3.47. The summed E-state index contributed by atoms with van der Waals surface area (Å²) in [4.78, 5) is 5.03. The van der Waals surface area contributed by atoms with Gasteiger partial charge in [0.2, 0.25) is 0 Å². The molecule has 1 aliphatic heterocycles. The summed E-state index contributed by atoms with van der Waals surface area (Å²) in [5.41, 5.74) is 1.56. The Bertz CT molecular complexity index is 353. The van der Waals surface area contributed by atoms with Gasteiger partial charge in [-0.15, -0.1) is 0 Å². The Morgan fingerprint density at radius 3 is 2.22 bits per heavy atom. The van der Waals surface area contributed by atoms with Gasteiger partial charge in [0.05, 0.1) is 0 Å². The van der Waals surface area contributed by atoms with Crippen LogP contribution < -0.4 is 10.2 Å². The van der Waals surface area contributed by atoms with Crippen LogP contribution in [0.2, 0.25) is 0 Å². The number of likely N-dealkylation sites (N-methyl/N-ethyl adjacent to an activating group) is 1. The second kappa shape index (κ2) is 5.72. The molecule has 1 aromatic rings. The molecule has 1 aliphatic rings. The summed E-state index contributed by atoms with van der Waals surface area (Å²) in [5, 5.41) is 3.38. The Kier molecular flexibility index (Phi) is 4.25. The normalized spacial score (nSPS) is 18.1. The van der Waals surface area contributed by atoms with Crippen molar-refractivity contribution in [1.29, 1.82) is 0 Å². The molecule has 2 rings (SSSR count). The van der Waals surface area contributed by atoms with E-state index in [1.54, 1.807) is 0 Å². The number of benzene rings is 1. The van der Waals surface area contributed by atoms with E-state index in [1.165, 1.54) is 5.69 Å². The van der Waals surface area contributed by atoms with Gasteiger partial charge in [-0.3, -0.25) is 4.90 Å². The first-order valence-electron chi connectivity index (χ1n) is 6.82. The van der Waals surface area contributed by atoms with Crippen molar-refractivity contribution >= 4 is 5.69 Å². The zero-order valence-electron chi connectivity index (χ0n) is 11.8. The maximum atomic E-state index is 3.38. The molecule has 1 N–H and O–H groups in total. The number of hydrogen-bond donors (Lipinski definition) is 1. The smallest absolute Gasteiger partial charge is 0.0367 e. The topological polar surface area (TPSA) is 18.5 Å². The van der Waals surface area contributed by atoms with E-state index in [4.69, 9.17) is 0 Å². The number of para-hydroxylation sites is 1. The molecule has 1 heterocycles. The maximum Gasteiger partial charge on any atom is 0.0367 e. The molecule has 1 saturated heterocycles. The van der Waals surface area contributed by atoms with Crippen LogP contribution in [0.5, 0.6) is 0 Å². The Balaban J connectivity index is 1.85. The van der Waals surface area contributed by atoms with Crippen molar-refractivity contribution in [2.75, 3.05) is 44.7 Å². The first kappa shape index (κ1) is 13.4. The summed E-state index contributed by atoms with van der Waals surface area (Å²) < 4.78 is 0. The predicted molar refractivity (Wildman–Crippen MR) is 78.2 cm³/mol. The molecule has 1 fully saturated rings. The van der Waals surface area contributed by atoms with Crippen LogP contribution in [-0.2, 0) is 0 Å². The monoisotopic (exact) mass is 247 g/mol. The first-order valence-corrected chi connectivity index (χ1v) is 6.82. The zero-order valence-corrected chi connectivity index (χ0v) is 11.8. The lowest BCUT2D eigenvalue weighted by Crippen LogP contribution is -2.53. The van der Waals surface area contributed by atoms with Crippen molar-refractivity contribution in [2.24, 2.45) is 0 Å². The minimum Gasteiger partial charge on any atom is -0.369 e. The molecule has 18 heavy (non-hydrogen) atoms. The van der Waals surface area contributed by atoms with Crippen LogP contribution in [-0.4, -0.2) is 50.2 Å². The van der Waals surface area contributed by atoms with Gasteiger partial charge in [-0.1, -0.05) is 18.2 Å². The van der Waals surface area contributed by atoms with Crippen LogP contribution in [0.3, 0.4) is 0 Å². The number of nitrogens with one attached hydrogen (secondary N) is 1. The van der Waals surface area contributed by atoms with Gasteiger partial charge in [0.25, 0.3) is 0 Å². The molecule has 0 radical (unpaired) electrons. The van der Waals surface area contributed by atoms with Gasteiger partial charge in [0.15, 0.2) is 0 Å². The SMILES string of the molecule is CNC(C)(C)CN1CCN(c2ccccc2)CC1. The fourth-order valence-corrected chi connectivity index (χ4v) is 2.44. The third-order valence-electron chi connectivity index (χ3n) is 3.79. The second-order valence-electron chi connectivity index (χ2n) is 5.73. The zero-order chi connectivity index (χ0) is 13.0. The molecule has 100 valence electrons. The Labute approximate surface area is 111 Å². The van der Waals surface area contributed by atoms with E-state index in [9.17, 15) is 0 Å². The van der Waals surface area contributed by atoms with Crippen LogP contribution in [0.1, 0.15) is 13.8 Å². The quantitative estimate of drug-likeness (QED) is 0.875. The molecule has 3 heteroatoms. The fraction of sp³-hybridized carbons (Fsp3) is 0.600. The summed E-state index contributed by atoms with van der Waals surface area (Å²) in [6, 6.07) is 10.7. The van der Waals surface area contributed by atoms with Crippen LogP contribution >= 0.6 is 0 Å². The molecule has 0 aromatic heterocycles. The lowest BCUT2D eigenvalue weighted by molar-refractivity contribution is 0.197.